The summed E-state index contributed by atoms with van der Waals surface area (Å²) in [5.41, 5.74) is 0.703. The number of pyridine rings is 1. The Morgan fingerprint density at radius 3 is 2.69 bits per heavy atom. The van der Waals surface area contributed by atoms with Crippen LogP contribution >= 0.6 is 0 Å². The van der Waals surface area contributed by atoms with Crippen molar-refractivity contribution < 1.29 is 23.4 Å². The molecule has 0 radical (unpaired) electrons. The number of imidazole rings is 1. The summed E-state index contributed by atoms with van der Waals surface area (Å²) >= 11 is 0. The smallest absolute Gasteiger partial charge is 0.343 e. The zero-order valence-electron chi connectivity index (χ0n) is 15.5. The number of aromatic nitrogens is 2. The number of esters is 1. The Labute approximate surface area is 151 Å². The third-order valence-electron chi connectivity index (χ3n) is 5.48. The predicted octanol–water partition coefficient (Wildman–Crippen LogP) is 3.26. The number of fused-ring (bicyclic) bond motifs is 3. The standard InChI is InChI=1S/C19H23FN2O4/c1-11(2)26-15-12(17(23)24-4)7-22-8-13(21-16(22)14(15)20)19-6-5-18(3,9-19)25-10-19/h7-8,11H,5-6,9-10H2,1-4H3. The van der Waals surface area contributed by atoms with Gasteiger partial charge in [0.2, 0.25) is 5.82 Å². The second-order valence-corrected chi connectivity index (χ2v) is 7.90. The molecule has 26 heavy (non-hydrogen) atoms. The Bertz CT molecular complexity index is 881. The van der Waals surface area contributed by atoms with Gasteiger partial charge in [0, 0.05) is 17.8 Å². The molecule has 1 aliphatic heterocycles. The minimum absolute atomic E-state index is 0.0478. The highest BCUT2D eigenvalue weighted by Gasteiger charge is 2.55. The molecule has 3 heterocycles. The van der Waals surface area contributed by atoms with Gasteiger partial charge in [0.25, 0.3) is 0 Å². The second kappa shape index (κ2) is 5.67. The highest BCUT2D eigenvalue weighted by atomic mass is 19.1. The molecule has 0 amide bonds. The summed E-state index contributed by atoms with van der Waals surface area (Å²) in [6.07, 6.45) is 5.85. The van der Waals surface area contributed by atoms with Crippen molar-refractivity contribution in [1.82, 2.24) is 9.38 Å². The third-order valence-corrected chi connectivity index (χ3v) is 5.48. The Balaban J connectivity index is 1.86. The predicted molar refractivity (Wildman–Crippen MR) is 92.1 cm³/mol. The van der Waals surface area contributed by atoms with Crippen LogP contribution in [0.5, 0.6) is 5.75 Å². The van der Waals surface area contributed by atoms with Crippen LogP contribution in [-0.2, 0) is 14.9 Å². The average Bonchev–Trinajstić information content (AvgIpc) is 3.27. The molecule has 2 aromatic heterocycles. The topological polar surface area (TPSA) is 62.1 Å². The number of methoxy groups -OCH3 is 1. The maximum atomic E-state index is 15.2. The van der Waals surface area contributed by atoms with E-state index in [1.165, 1.54) is 13.3 Å². The number of carbonyl (C=O) groups excluding carboxylic acids is 1. The lowest BCUT2D eigenvalue weighted by molar-refractivity contribution is -0.00627. The van der Waals surface area contributed by atoms with Crippen molar-refractivity contribution >= 4 is 11.6 Å². The van der Waals surface area contributed by atoms with Crippen LogP contribution in [0.15, 0.2) is 12.4 Å². The van der Waals surface area contributed by atoms with Gasteiger partial charge in [0.05, 0.1) is 31.1 Å². The molecule has 2 bridgehead atoms. The third kappa shape index (κ3) is 2.48. The lowest BCUT2D eigenvalue weighted by Gasteiger charge is -2.24. The van der Waals surface area contributed by atoms with Crippen molar-refractivity contribution in [3.8, 4) is 5.75 Å². The first kappa shape index (κ1) is 17.3. The van der Waals surface area contributed by atoms with Crippen molar-refractivity contribution in [2.75, 3.05) is 13.7 Å². The number of carbonyl (C=O) groups is 1. The molecular formula is C19H23FN2O4. The van der Waals surface area contributed by atoms with E-state index in [-0.39, 0.29) is 34.1 Å². The molecule has 1 aliphatic carbocycles. The Kier molecular flexibility index (Phi) is 3.77. The molecule has 0 aromatic carbocycles. The number of hydrogen-bond donors (Lipinski definition) is 0. The number of nitrogens with zero attached hydrogens (tertiary/aromatic N) is 2. The fraction of sp³-hybridized carbons (Fsp3) is 0.579. The summed E-state index contributed by atoms with van der Waals surface area (Å²) < 4.78 is 33.0. The highest BCUT2D eigenvalue weighted by Crippen LogP contribution is 2.53. The first-order valence-electron chi connectivity index (χ1n) is 8.88. The van der Waals surface area contributed by atoms with Gasteiger partial charge in [-0.25, -0.2) is 9.78 Å². The van der Waals surface area contributed by atoms with Crippen molar-refractivity contribution in [1.29, 1.82) is 0 Å². The summed E-state index contributed by atoms with van der Waals surface area (Å²) in [7, 11) is 1.26. The van der Waals surface area contributed by atoms with E-state index in [2.05, 4.69) is 11.9 Å². The van der Waals surface area contributed by atoms with Crippen LogP contribution in [-0.4, -0.2) is 40.8 Å². The first-order valence-corrected chi connectivity index (χ1v) is 8.88. The van der Waals surface area contributed by atoms with E-state index in [9.17, 15) is 4.79 Å². The van der Waals surface area contributed by atoms with Gasteiger partial charge in [0.1, 0.15) is 5.56 Å². The molecule has 4 rings (SSSR count). The molecular weight excluding hydrogens is 339 g/mol. The molecule has 140 valence electrons. The molecule has 2 fully saturated rings. The van der Waals surface area contributed by atoms with Gasteiger partial charge < -0.3 is 18.6 Å². The minimum atomic E-state index is -0.649. The van der Waals surface area contributed by atoms with Gasteiger partial charge in [-0.05, 0) is 40.0 Å². The molecule has 6 nitrogen and oxygen atoms in total. The van der Waals surface area contributed by atoms with Crippen molar-refractivity contribution in [2.45, 2.75) is 57.2 Å². The maximum Gasteiger partial charge on any atom is 0.343 e. The van der Waals surface area contributed by atoms with E-state index in [1.807, 2.05) is 0 Å². The Hall–Kier alpha value is -2.15. The van der Waals surface area contributed by atoms with Crippen molar-refractivity contribution in [3.05, 3.63) is 29.5 Å². The molecule has 0 N–H and O–H groups in total. The van der Waals surface area contributed by atoms with Crippen LogP contribution in [0.4, 0.5) is 4.39 Å². The average molecular weight is 362 g/mol. The van der Waals surface area contributed by atoms with E-state index in [1.54, 1.807) is 24.4 Å². The van der Waals surface area contributed by atoms with Crippen LogP contribution in [0.25, 0.3) is 5.65 Å². The van der Waals surface area contributed by atoms with Crippen molar-refractivity contribution in [3.63, 3.8) is 0 Å². The molecule has 2 unspecified atom stereocenters. The van der Waals surface area contributed by atoms with Crippen LogP contribution in [0, 0.1) is 5.82 Å². The number of ether oxygens (including phenoxy) is 3. The van der Waals surface area contributed by atoms with E-state index in [4.69, 9.17) is 14.2 Å². The van der Waals surface area contributed by atoms with Gasteiger partial charge in [-0.15, -0.1) is 0 Å². The normalized spacial score (nSPS) is 27.5. The first-order chi connectivity index (χ1) is 12.3. The molecule has 0 spiro atoms. The molecule has 1 saturated carbocycles. The van der Waals surface area contributed by atoms with E-state index >= 15 is 4.39 Å². The quantitative estimate of drug-likeness (QED) is 0.782. The zero-order valence-corrected chi connectivity index (χ0v) is 15.5. The monoisotopic (exact) mass is 362 g/mol. The largest absolute Gasteiger partial charge is 0.487 e. The SMILES string of the molecule is COC(=O)c1cn2cc(C34CCC(C)(C3)OC4)nc2c(F)c1OC(C)C. The fourth-order valence-electron chi connectivity index (χ4n) is 4.18. The number of rotatable bonds is 4. The molecule has 2 aliphatic rings. The van der Waals surface area contributed by atoms with Crippen LogP contribution in [0.2, 0.25) is 0 Å². The van der Waals surface area contributed by atoms with Crippen LogP contribution in [0.3, 0.4) is 0 Å². The molecule has 1 saturated heterocycles. The summed E-state index contributed by atoms with van der Waals surface area (Å²) in [5.74, 6) is -1.41. The Morgan fingerprint density at radius 2 is 2.15 bits per heavy atom. The highest BCUT2D eigenvalue weighted by molar-refractivity contribution is 5.93. The van der Waals surface area contributed by atoms with Gasteiger partial charge in [-0.2, -0.15) is 4.39 Å². The number of halogens is 1. The summed E-state index contributed by atoms with van der Waals surface area (Å²) in [6.45, 7) is 6.25. The summed E-state index contributed by atoms with van der Waals surface area (Å²) in [6, 6.07) is 0. The lowest BCUT2D eigenvalue weighted by atomic mass is 9.84. The van der Waals surface area contributed by atoms with Crippen LogP contribution < -0.4 is 4.74 Å². The van der Waals surface area contributed by atoms with Gasteiger partial charge in [-0.1, -0.05) is 0 Å². The van der Waals surface area contributed by atoms with Crippen LogP contribution in [0.1, 0.15) is 56.1 Å². The Morgan fingerprint density at radius 1 is 1.38 bits per heavy atom. The van der Waals surface area contributed by atoms with Gasteiger partial charge in [0.15, 0.2) is 11.4 Å². The van der Waals surface area contributed by atoms with E-state index in [0.717, 1.165) is 25.0 Å². The lowest BCUT2D eigenvalue weighted by Crippen LogP contribution is -2.26. The van der Waals surface area contributed by atoms with Gasteiger partial charge >= 0.3 is 5.97 Å². The summed E-state index contributed by atoms with van der Waals surface area (Å²) in [4.78, 5) is 16.7. The summed E-state index contributed by atoms with van der Waals surface area (Å²) in [5, 5.41) is 0. The molecule has 2 atom stereocenters. The van der Waals surface area contributed by atoms with E-state index < -0.39 is 11.8 Å². The number of hydrogen-bond acceptors (Lipinski definition) is 5. The minimum Gasteiger partial charge on any atom is -0.487 e. The molecule has 7 heteroatoms. The van der Waals surface area contributed by atoms with Crippen molar-refractivity contribution in [2.24, 2.45) is 0 Å². The zero-order chi connectivity index (χ0) is 18.7. The maximum absolute atomic E-state index is 15.2. The van der Waals surface area contributed by atoms with E-state index in [0.29, 0.717) is 6.61 Å². The fourth-order valence-corrected chi connectivity index (χ4v) is 4.18. The molecule has 2 aromatic rings. The second-order valence-electron chi connectivity index (χ2n) is 7.90. The van der Waals surface area contributed by atoms with Gasteiger partial charge in [-0.3, -0.25) is 0 Å².